The number of benzene rings is 1. The van der Waals surface area contributed by atoms with E-state index in [1.165, 1.54) is 13.0 Å². The molecule has 0 aliphatic rings. The highest BCUT2D eigenvalue weighted by Gasteiger charge is 2.10. The van der Waals surface area contributed by atoms with Crippen LogP contribution in [0, 0.1) is 19.7 Å². The predicted molar refractivity (Wildman–Crippen MR) is 76.8 cm³/mol. The number of hydrogen-bond donors (Lipinski definition) is 1. The summed E-state index contributed by atoms with van der Waals surface area (Å²) in [5.41, 5.74) is 2.79. The quantitative estimate of drug-likeness (QED) is 0.934. The van der Waals surface area contributed by atoms with Crippen molar-refractivity contribution in [1.29, 1.82) is 0 Å². The van der Waals surface area contributed by atoms with Crippen LogP contribution in [-0.2, 0) is 4.79 Å². The highest BCUT2D eigenvalue weighted by molar-refractivity contribution is 5.87. The molecule has 0 radical (unpaired) electrons. The average Bonchev–Trinajstić information content (AvgIpc) is 2.72. The van der Waals surface area contributed by atoms with Crippen LogP contribution in [0.2, 0.25) is 0 Å². The minimum atomic E-state index is -0.252. The zero-order valence-electron chi connectivity index (χ0n) is 11.7. The van der Waals surface area contributed by atoms with Gasteiger partial charge in [0.25, 0.3) is 0 Å². The number of nitrogens with one attached hydrogen (secondary N) is 1. The number of halogens is 1. The van der Waals surface area contributed by atoms with Gasteiger partial charge in [0.2, 0.25) is 5.91 Å². The maximum Gasteiger partial charge on any atom is 0.222 e. The molecule has 1 N–H and O–H groups in total. The van der Waals surface area contributed by atoms with E-state index in [0.717, 1.165) is 11.3 Å². The summed E-state index contributed by atoms with van der Waals surface area (Å²) in [4.78, 5) is 11.0. The van der Waals surface area contributed by atoms with Crippen LogP contribution in [-0.4, -0.2) is 15.7 Å². The molecule has 0 aliphatic carbocycles. The molecule has 0 spiro atoms. The first-order valence-electron chi connectivity index (χ1n) is 6.18. The summed E-state index contributed by atoms with van der Waals surface area (Å²) in [6, 6.07) is 6.53. The third-order valence-corrected chi connectivity index (χ3v) is 2.94. The molecule has 1 aromatic heterocycles. The largest absolute Gasteiger partial charge is 0.309 e. The molecule has 0 unspecified atom stereocenters. The highest BCUT2D eigenvalue weighted by atomic mass is 19.1. The van der Waals surface area contributed by atoms with E-state index in [4.69, 9.17) is 0 Å². The van der Waals surface area contributed by atoms with Crippen LogP contribution in [0.25, 0.3) is 5.70 Å². The number of hydrogen-bond acceptors (Lipinski definition) is 2. The first-order valence-corrected chi connectivity index (χ1v) is 6.18. The van der Waals surface area contributed by atoms with Gasteiger partial charge in [-0.05, 0) is 37.6 Å². The van der Waals surface area contributed by atoms with Crippen molar-refractivity contribution in [2.45, 2.75) is 20.8 Å². The fraction of sp³-hybridized carbons (Fsp3) is 0.200. The van der Waals surface area contributed by atoms with Crippen LogP contribution >= 0.6 is 0 Å². The Kier molecular flexibility index (Phi) is 3.70. The molecule has 0 saturated heterocycles. The number of amides is 1. The van der Waals surface area contributed by atoms with Crippen molar-refractivity contribution < 1.29 is 9.18 Å². The molecule has 0 atom stereocenters. The molecule has 1 heterocycles. The van der Waals surface area contributed by atoms with Gasteiger partial charge in [-0.25, -0.2) is 9.07 Å². The van der Waals surface area contributed by atoms with Gasteiger partial charge in [0.1, 0.15) is 5.82 Å². The van der Waals surface area contributed by atoms with Crippen LogP contribution in [0.15, 0.2) is 30.8 Å². The first-order chi connectivity index (χ1) is 9.38. The lowest BCUT2D eigenvalue weighted by Crippen LogP contribution is -2.07. The van der Waals surface area contributed by atoms with E-state index in [1.54, 1.807) is 29.8 Å². The molecule has 1 amide bonds. The smallest absolute Gasteiger partial charge is 0.222 e. The normalized spacial score (nSPS) is 10.4. The van der Waals surface area contributed by atoms with Gasteiger partial charge in [0.05, 0.1) is 5.70 Å². The Bertz CT molecular complexity index is 688. The molecule has 2 aromatic rings. The van der Waals surface area contributed by atoms with Crippen molar-refractivity contribution in [3.05, 3.63) is 53.5 Å². The average molecular weight is 273 g/mol. The zero-order chi connectivity index (χ0) is 14.9. The molecule has 2 rings (SSSR count). The lowest BCUT2D eigenvalue weighted by molar-refractivity contribution is -0.114. The number of aryl methyl sites for hydroxylation is 2. The summed E-state index contributed by atoms with van der Waals surface area (Å²) < 4.78 is 14.9. The van der Waals surface area contributed by atoms with E-state index in [-0.39, 0.29) is 11.7 Å². The van der Waals surface area contributed by atoms with Crippen molar-refractivity contribution in [2.24, 2.45) is 0 Å². The van der Waals surface area contributed by atoms with Crippen molar-refractivity contribution in [3.8, 4) is 0 Å². The number of carbonyl (C=O) groups excluding carboxylic acids is 1. The molecule has 1 aromatic carbocycles. The summed E-state index contributed by atoms with van der Waals surface area (Å²) in [5, 5.41) is 6.89. The van der Waals surface area contributed by atoms with Gasteiger partial charge < -0.3 is 5.32 Å². The lowest BCUT2D eigenvalue weighted by atomic mass is 10.1. The zero-order valence-corrected chi connectivity index (χ0v) is 11.7. The Balaban J connectivity index is 2.35. The van der Waals surface area contributed by atoms with E-state index in [0.29, 0.717) is 17.1 Å². The van der Waals surface area contributed by atoms with Crippen LogP contribution in [0.3, 0.4) is 0 Å². The Morgan fingerprint density at radius 3 is 2.65 bits per heavy atom. The van der Waals surface area contributed by atoms with Gasteiger partial charge >= 0.3 is 0 Å². The van der Waals surface area contributed by atoms with E-state index in [2.05, 4.69) is 17.0 Å². The second-order valence-corrected chi connectivity index (χ2v) is 4.67. The fourth-order valence-electron chi connectivity index (χ4n) is 1.94. The Morgan fingerprint density at radius 1 is 1.35 bits per heavy atom. The third kappa shape index (κ3) is 2.77. The van der Waals surface area contributed by atoms with E-state index in [1.807, 2.05) is 6.92 Å². The number of nitrogens with zero attached hydrogens (tertiary/aromatic N) is 2. The molecule has 5 heteroatoms. The second kappa shape index (κ2) is 5.28. The fourth-order valence-corrected chi connectivity index (χ4v) is 1.94. The summed E-state index contributed by atoms with van der Waals surface area (Å²) in [5.74, 6) is 0.0329. The minimum absolute atomic E-state index is 0.183. The van der Waals surface area contributed by atoms with Gasteiger partial charge in [-0.15, -0.1) is 5.10 Å². The topological polar surface area (TPSA) is 46.9 Å². The third-order valence-electron chi connectivity index (χ3n) is 2.94. The molecule has 20 heavy (non-hydrogen) atoms. The lowest BCUT2D eigenvalue weighted by Gasteiger charge is -2.09. The van der Waals surface area contributed by atoms with Crippen LogP contribution in [0.1, 0.15) is 23.7 Å². The molecule has 4 nitrogen and oxygen atoms in total. The molecule has 0 fully saturated rings. The monoisotopic (exact) mass is 273 g/mol. The van der Waals surface area contributed by atoms with Gasteiger partial charge in [-0.1, -0.05) is 6.58 Å². The highest BCUT2D eigenvalue weighted by Crippen LogP contribution is 2.21. The Morgan fingerprint density at radius 2 is 2.05 bits per heavy atom. The van der Waals surface area contributed by atoms with Crippen LogP contribution in [0.4, 0.5) is 10.2 Å². The van der Waals surface area contributed by atoms with Gasteiger partial charge in [0.15, 0.2) is 5.82 Å². The predicted octanol–water partition coefficient (Wildman–Crippen LogP) is 3.12. The van der Waals surface area contributed by atoms with Crippen molar-refractivity contribution >= 4 is 17.4 Å². The van der Waals surface area contributed by atoms with E-state index in [9.17, 15) is 9.18 Å². The number of rotatable bonds is 3. The molecular weight excluding hydrogens is 257 g/mol. The number of anilines is 1. The molecule has 104 valence electrons. The number of carbonyl (C=O) groups is 1. The minimum Gasteiger partial charge on any atom is -0.309 e. The first kappa shape index (κ1) is 14.0. The van der Waals surface area contributed by atoms with Gasteiger partial charge in [-0.2, -0.15) is 0 Å². The SMILES string of the molecule is C=C(c1ccc(F)c(C)c1)n1nc(NC(C)=O)cc1C. The van der Waals surface area contributed by atoms with Crippen molar-refractivity contribution in [3.63, 3.8) is 0 Å². The Hall–Kier alpha value is -2.43. The summed E-state index contributed by atoms with van der Waals surface area (Å²) in [6.45, 7) is 8.97. The maximum atomic E-state index is 13.3. The van der Waals surface area contributed by atoms with Crippen LogP contribution in [0.5, 0.6) is 0 Å². The van der Waals surface area contributed by atoms with Crippen molar-refractivity contribution in [1.82, 2.24) is 9.78 Å². The van der Waals surface area contributed by atoms with Crippen LogP contribution < -0.4 is 5.32 Å². The van der Waals surface area contributed by atoms with E-state index >= 15 is 0 Å². The summed E-state index contributed by atoms with van der Waals surface area (Å²) >= 11 is 0. The molecular formula is C15H16FN3O. The van der Waals surface area contributed by atoms with Crippen molar-refractivity contribution in [2.75, 3.05) is 5.32 Å². The Labute approximate surface area is 116 Å². The van der Waals surface area contributed by atoms with Gasteiger partial charge in [-0.3, -0.25) is 4.79 Å². The van der Waals surface area contributed by atoms with E-state index < -0.39 is 0 Å². The molecule has 0 saturated carbocycles. The number of aromatic nitrogens is 2. The summed E-state index contributed by atoms with van der Waals surface area (Å²) in [7, 11) is 0. The molecule has 0 bridgehead atoms. The summed E-state index contributed by atoms with van der Waals surface area (Å²) in [6.07, 6.45) is 0. The second-order valence-electron chi connectivity index (χ2n) is 4.67. The standard InChI is InChI=1S/C15H16FN3O/c1-9-7-13(5-6-14(9)16)11(3)19-10(2)8-15(18-19)17-12(4)20/h5-8H,3H2,1-2,4H3,(H,17,18,20). The molecule has 0 aliphatic heterocycles. The maximum absolute atomic E-state index is 13.3. The van der Waals surface area contributed by atoms with Gasteiger partial charge in [0, 0.05) is 24.2 Å².